The van der Waals surface area contributed by atoms with Gasteiger partial charge in [-0.2, -0.15) is 0 Å². The van der Waals surface area contributed by atoms with Crippen LogP contribution in [0.4, 0.5) is 11.5 Å². The molecule has 27 heavy (non-hydrogen) atoms. The predicted molar refractivity (Wildman–Crippen MR) is 108 cm³/mol. The summed E-state index contributed by atoms with van der Waals surface area (Å²) >= 11 is 0. The normalized spacial score (nSPS) is 10.4. The maximum Gasteiger partial charge on any atom is 0.335 e. The first-order valence-electron chi connectivity index (χ1n) is 8.62. The van der Waals surface area contributed by atoms with Gasteiger partial charge >= 0.3 is 5.97 Å². The Balaban J connectivity index is 2.14. The maximum atomic E-state index is 11.3. The summed E-state index contributed by atoms with van der Waals surface area (Å²) in [7, 11) is 1.88. The summed E-state index contributed by atoms with van der Waals surface area (Å²) in [4.78, 5) is 22.7. The Morgan fingerprint density at radius 1 is 1.15 bits per heavy atom. The zero-order valence-electron chi connectivity index (χ0n) is 15.4. The zero-order chi connectivity index (χ0) is 19.4. The van der Waals surface area contributed by atoms with Gasteiger partial charge in [-0.05, 0) is 31.5 Å². The van der Waals surface area contributed by atoms with Crippen LogP contribution in [0.1, 0.15) is 21.6 Å². The van der Waals surface area contributed by atoms with Crippen LogP contribution in [-0.4, -0.2) is 28.1 Å². The van der Waals surface area contributed by atoms with Gasteiger partial charge in [0.1, 0.15) is 5.82 Å². The van der Waals surface area contributed by atoms with Crippen LogP contribution in [0.15, 0.2) is 67.3 Å². The molecule has 0 spiro atoms. The quantitative estimate of drug-likeness (QED) is 0.649. The summed E-state index contributed by atoms with van der Waals surface area (Å²) in [5.41, 5.74) is 3.75. The molecule has 0 saturated carbocycles. The molecule has 0 saturated heterocycles. The average Bonchev–Trinajstić information content (AvgIpc) is 2.69. The summed E-state index contributed by atoms with van der Waals surface area (Å²) in [5.74, 6) is 0.418. The van der Waals surface area contributed by atoms with Crippen molar-refractivity contribution in [2.45, 2.75) is 13.3 Å². The lowest BCUT2D eigenvalue weighted by atomic mass is 10.1. The third-order valence-corrected chi connectivity index (χ3v) is 4.37. The van der Waals surface area contributed by atoms with Gasteiger partial charge in [-0.25, -0.2) is 14.8 Å². The Hall–Kier alpha value is -3.47. The monoisotopic (exact) mass is 359 g/mol. The first kappa shape index (κ1) is 18.3. The highest BCUT2D eigenvalue weighted by Gasteiger charge is 2.17. The van der Waals surface area contributed by atoms with Crippen LogP contribution in [0.25, 0.3) is 11.4 Å². The van der Waals surface area contributed by atoms with E-state index in [-0.39, 0.29) is 5.56 Å². The lowest BCUT2D eigenvalue weighted by Crippen LogP contribution is -2.16. The van der Waals surface area contributed by atoms with Gasteiger partial charge in [0.2, 0.25) is 0 Å². The van der Waals surface area contributed by atoms with Crippen LogP contribution in [0.3, 0.4) is 0 Å². The van der Waals surface area contributed by atoms with Crippen molar-refractivity contribution in [3.05, 3.63) is 84.1 Å². The third-order valence-electron chi connectivity index (χ3n) is 4.37. The molecule has 3 rings (SSSR count). The topological polar surface area (TPSA) is 66.3 Å². The number of anilines is 2. The highest BCUT2D eigenvalue weighted by Crippen LogP contribution is 2.30. The molecular weight excluding hydrogens is 338 g/mol. The maximum absolute atomic E-state index is 11.3. The van der Waals surface area contributed by atoms with E-state index >= 15 is 0 Å². The SMILES string of the molecule is C=CCc1c(C)nc(-c2ccccc2)nc1N(C)c1cccc(C(=O)O)c1. The van der Waals surface area contributed by atoms with Crippen molar-refractivity contribution in [1.29, 1.82) is 0 Å². The van der Waals surface area contributed by atoms with E-state index in [1.165, 1.54) is 0 Å². The molecule has 0 unspecified atom stereocenters. The van der Waals surface area contributed by atoms with Gasteiger partial charge in [0.05, 0.1) is 5.56 Å². The largest absolute Gasteiger partial charge is 0.478 e. The molecule has 136 valence electrons. The zero-order valence-corrected chi connectivity index (χ0v) is 15.4. The van der Waals surface area contributed by atoms with Gasteiger partial charge < -0.3 is 10.0 Å². The minimum absolute atomic E-state index is 0.235. The standard InChI is InChI=1S/C22H21N3O2/c1-4-9-19-15(2)23-20(16-10-6-5-7-11-16)24-21(19)25(3)18-13-8-12-17(14-18)22(26)27/h4-8,10-14H,1,9H2,2-3H3,(H,26,27). The van der Waals surface area contributed by atoms with Gasteiger partial charge in [-0.1, -0.05) is 42.5 Å². The molecule has 2 aromatic carbocycles. The summed E-state index contributed by atoms with van der Waals surface area (Å²) < 4.78 is 0. The van der Waals surface area contributed by atoms with Crippen molar-refractivity contribution in [1.82, 2.24) is 9.97 Å². The second-order valence-electron chi connectivity index (χ2n) is 6.21. The lowest BCUT2D eigenvalue weighted by molar-refractivity contribution is 0.0697. The van der Waals surface area contributed by atoms with Gasteiger partial charge in [-0.15, -0.1) is 6.58 Å². The van der Waals surface area contributed by atoms with E-state index in [0.717, 1.165) is 28.3 Å². The van der Waals surface area contributed by atoms with Crippen molar-refractivity contribution in [3.8, 4) is 11.4 Å². The molecule has 0 atom stereocenters. The lowest BCUT2D eigenvalue weighted by Gasteiger charge is -2.23. The fourth-order valence-electron chi connectivity index (χ4n) is 2.93. The van der Waals surface area contributed by atoms with Crippen LogP contribution in [0, 0.1) is 6.92 Å². The molecule has 0 amide bonds. The minimum Gasteiger partial charge on any atom is -0.478 e. The summed E-state index contributed by atoms with van der Waals surface area (Å²) in [6.07, 6.45) is 2.44. The molecule has 3 aromatic rings. The van der Waals surface area contributed by atoms with E-state index in [1.54, 1.807) is 18.2 Å². The number of hydrogen-bond donors (Lipinski definition) is 1. The molecule has 0 aliphatic carbocycles. The van der Waals surface area contributed by atoms with Crippen molar-refractivity contribution in [2.24, 2.45) is 0 Å². The Morgan fingerprint density at radius 2 is 1.89 bits per heavy atom. The predicted octanol–water partition coefficient (Wildman–Crippen LogP) is 4.65. The number of aryl methyl sites for hydroxylation is 1. The van der Waals surface area contributed by atoms with Crippen molar-refractivity contribution < 1.29 is 9.90 Å². The van der Waals surface area contributed by atoms with E-state index in [2.05, 4.69) is 11.6 Å². The van der Waals surface area contributed by atoms with Crippen LogP contribution in [-0.2, 0) is 6.42 Å². The van der Waals surface area contributed by atoms with E-state index < -0.39 is 5.97 Å². The van der Waals surface area contributed by atoms with Crippen molar-refractivity contribution in [3.63, 3.8) is 0 Å². The summed E-state index contributed by atoms with van der Waals surface area (Å²) in [6, 6.07) is 16.6. The highest BCUT2D eigenvalue weighted by molar-refractivity contribution is 5.89. The van der Waals surface area contributed by atoms with E-state index in [9.17, 15) is 9.90 Å². The van der Waals surface area contributed by atoms with Gasteiger partial charge in [0.25, 0.3) is 0 Å². The Morgan fingerprint density at radius 3 is 2.56 bits per heavy atom. The molecule has 1 aromatic heterocycles. The molecule has 0 aliphatic heterocycles. The van der Waals surface area contributed by atoms with Gasteiger partial charge in [-0.3, -0.25) is 0 Å². The fourth-order valence-corrected chi connectivity index (χ4v) is 2.93. The molecule has 1 N–H and O–H groups in total. The molecule has 0 fully saturated rings. The third kappa shape index (κ3) is 3.87. The van der Waals surface area contributed by atoms with Gasteiger partial charge in [0.15, 0.2) is 5.82 Å². The minimum atomic E-state index is -0.958. The number of carbonyl (C=O) groups is 1. The first-order valence-corrected chi connectivity index (χ1v) is 8.62. The van der Waals surface area contributed by atoms with E-state index in [4.69, 9.17) is 4.98 Å². The first-order chi connectivity index (χ1) is 13.0. The second kappa shape index (κ2) is 7.83. The molecule has 0 radical (unpaired) electrons. The van der Waals surface area contributed by atoms with Crippen LogP contribution >= 0.6 is 0 Å². The van der Waals surface area contributed by atoms with Crippen molar-refractivity contribution >= 4 is 17.5 Å². The number of aromatic nitrogens is 2. The second-order valence-corrected chi connectivity index (χ2v) is 6.21. The highest BCUT2D eigenvalue weighted by atomic mass is 16.4. The Bertz CT molecular complexity index is 984. The summed E-state index contributed by atoms with van der Waals surface area (Å²) in [6.45, 7) is 5.79. The number of allylic oxidation sites excluding steroid dienone is 1. The molecule has 5 heteroatoms. The molecular formula is C22H21N3O2. The number of carboxylic acid groups (broad SMARTS) is 1. The molecule has 0 aliphatic rings. The number of aromatic carboxylic acids is 1. The average molecular weight is 359 g/mol. The van der Waals surface area contributed by atoms with Crippen LogP contribution < -0.4 is 4.90 Å². The number of hydrogen-bond acceptors (Lipinski definition) is 4. The molecule has 0 bridgehead atoms. The van der Waals surface area contributed by atoms with Gasteiger partial charge in [0, 0.05) is 29.6 Å². The number of benzene rings is 2. The summed E-state index contributed by atoms with van der Waals surface area (Å²) in [5, 5.41) is 9.28. The Labute approximate surface area is 158 Å². The van der Waals surface area contributed by atoms with Crippen LogP contribution in [0.2, 0.25) is 0 Å². The Kier molecular flexibility index (Phi) is 5.31. The fraction of sp³-hybridized carbons (Fsp3) is 0.136. The number of nitrogens with zero attached hydrogens (tertiary/aromatic N) is 3. The smallest absolute Gasteiger partial charge is 0.335 e. The number of rotatable bonds is 6. The van der Waals surface area contributed by atoms with E-state index in [1.807, 2.05) is 61.3 Å². The molecule has 1 heterocycles. The number of carboxylic acids is 1. The molecule has 5 nitrogen and oxygen atoms in total. The van der Waals surface area contributed by atoms with Crippen LogP contribution in [0.5, 0.6) is 0 Å². The van der Waals surface area contributed by atoms with E-state index in [0.29, 0.717) is 12.2 Å². The van der Waals surface area contributed by atoms with Crippen molar-refractivity contribution in [2.75, 3.05) is 11.9 Å².